The van der Waals surface area contributed by atoms with Crippen molar-refractivity contribution in [3.05, 3.63) is 52.0 Å². The molecule has 1 amide bonds. The fourth-order valence-corrected chi connectivity index (χ4v) is 2.74. The molecule has 130 valence electrons. The predicted octanol–water partition coefficient (Wildman–Crippen LogP) is 4.43. The Morgan fingerprint density at radius 2 is 2.04 bits per heavy atom. The molecule has 2 rings (SSSR count). The lowest BCUT2D eigenvalue weighted by Gasteiger charge is -2.18. The number of carbonyl (C=O) groups excluding carboxylic acids is 1. The number of benzene rings is 2. The van der Waals surface area contributed by atoms with E-state index in [1.807, 2.05) is 32.0 Å². The molecule has 0 unspecified atom stereocenters. The third kappa shape index (κ3) is 4.97. The molecule has 0 saturated carbocycles. The van der Waals surface area contributed by atoms with E-state index in [1.165, 1.54) is 0 Å². The van der Waals surface area contributed by atoms with Gasteiger partial charge in [0.05, 0.1) is 23.9 Å². The number of hydrogen-bond donors (Lipinski definition) is 1. The Bertz CT molecular complexity index is 815. The number of nitriles is 1. The van der Waals surface area contributed by atoms with Gasteiger partial charge in [-0.25, -0.2) is 0 Å². The highest BCUT2D eigenvalue weighted by atomic mass is 79.9. The molecule has 2 aromatic carbocycles. The summed E-state index contributed by atoms with van der Waals surface area (Å²) in [6.45, 7) is 5.91. The van der Waals surface area contributed by atoms with Gasteiger partial charge in [-0.1, -0.05) is 6.07 Å². The molecule has 0 aliphatic rings. The van der Waals surface area contributed by atoms with E-state index in [2.05, 4.69) is 27.3 Å². The van der Waals surface area contributed by atoms with Crippen LogP contribution in [0.15, 0.2) is 40.9 Å². The molecule has 0 aliphatic carbocycles. The Hall–Kier alpha value is -2.52. The van der Waals surface area contributed by atoms with Crippen LogP contribution < -0.4 is 14.8 Å². The molecule has 6 heteroatoms. The average molecular weight is 403 g/mol. The quantitative estimate of drug-likeness (QED) is 0.775. The third-order valence-corrected chi connectivity index (χ3v) is 4.08. The van der Waals surface area contributed by atoms with Gasteiger partial charge in [-0.15, -0.1) is 0 Å². The topological polar surface area (TPSA) is 71.3 Å². The zero-order valence-corrected chi connectivity index (χ0v) is 15.9. The normalized spacial score (nSPS) is 11.3. The van der Waals surface area contributed by atoms with Gasteiger partial charge in [-0.3, -0.25) is 4.79 Å². The van der Waals surface area contributed by atoms with Crippen LogP contribution in [0.5, 0.6) is 11.5 Å². The van der Waals surface area contributed by atoms with Crippen LogP contribution in [-0.2, 0) is 4.79 Å². The Morgan fingerprint density at radius 1 is 1.28 bits per heavy atom. The van der Waals surface area contributed by atoms with Gasteiger partial charge in [-0.2, -0.15) is 5.26 Å². The first-order valence-electron chi connectivity index (χ1n) is 7.85. The molecule has 0 aliphatic heterocycles. The van der Waals surface area contributed by atoms with Gasteiger partial charge in [0.2, 0.25) is 0 Å². The number of aryl methyl sites for hydroxylation is 1. The SMILES string of the molecule is CCOc1cc(C#N)ccc1O[C@H](C)C(=O)Nc1ccc(C)cc1Br. The summed E-state index contributed by atoms with van der Waals surface area (Å²) in [7, 11) is 0. The number of anilines is 1. The Morgan fingerprint density at radius 3 is 2.68 bits per heavy atom. The first-order chi connectivity index (χ1) is 11.9. The van der Waals surface area contributed by atoms with Crippen molar-refractivity contribution < 1.29 is 14.3 Å². The maximum Gasteiger partial charge on any atom is 0.265 e. The molecule has 2 aromatic rings. The summed E-state index contributed by atoms with van der Waals surface area (Å²) in [5.41, 5.74) is 2.24. The van der Waals surface area contributed by atoms with Gasteiger partial charge in [-0.05, 0) is 66.5 Å². The summed E-state index contributed by atoms with van der Waals surface area (Å²) in [4.78, 5) is 12.4. The lowest BCUT2D eigenvalue weighted by atomic mass is 10.2. The van der Waals surface area contributed by atoms with Crippen molar-refractivity contribution in [2.45, 2.75) is 26.9 Å². The van der Waals surface area contributed by atoms with Crippen LogP contribution in [0.4, 0.5) is 5.69 Å². The summed E-state index contributed by atoms with van der Waals surface area (Å²) >= 11 is 3.43. The summed E-state index contributed by atoms with van der Waals surface area (Å²) in [6.07, 6.45) is -0.736. The number of nitrogens with zero attached hydrogens (tertiary/aromatic N) is 1. The van der Waals surface area contributed by atoms with Crippen LogP contribution in [0, 0.1) is 18.3 Å². The van der Waals surface area contributed by atoms with Crippen molar-refractivity contribution in [2.24, 2.45) is 0 Å². The summed E-state index contributed by atoms with van der Waals surface area (Å²) < 4.78 is 12.0. The van der Waals surface area contributed by atoms with Crippen molar-refractivity contribution in [1.82, 2.24) is 0 Å². The van der Waals surface area contributed by atoms with Crippen molar-refractivity contribution in [3.8, 4) is 17.6 Å². The molecule has 0 heterocycles. The first kappa shape index (κ1) is 18.8. The van der Waals surface area contributed by atoms with E-state index in [9.17, 15) is 4.79 Å². The average Bonchev–Trinajstić information content (AvgIpc) is 2.59. The molecule has 5 nitrogen and oxygen atoms in total. The van der Waals surface area contributed by atoms with Crippen molar-refractivity contribution >= 4 is 27.5 Å². The van der Waals surface area contributed by atoms with E-state index >= 15 is 0 Å². The predicted molar refractivity (Wildman–Crippen MR) is 99.9 cm³/mol. The molecule has 1 N–H and O–H groups in total. The second-order valence-corrected chi connectivity index (χ2v) is 6.29. The molecule has 0 aromatic heterocycles. The number of rotatable bonds is 6. The van der Waals surface area contributed by atoms with Gasteiger partial charge in [0.25, 0.3) is 5.91 Å². The molecule has 0 fully saturated rings. The number of amides is 1. The second-order valence-electron chi connectivity index (χ2n) is 5.44. The largest absolute Gasteiger partial charge is 0.490 e. The molecular formula is C19H19BrN2O3. The number of nitrogens with one attached hydrogen (secondary N) is 1. The second kappa shape index (κ2) is 8.54. The van der Waals surface area contributed by atoms with Crippen LogP contribution in [0.2, 0.25) is 0 Å². The fourth-order valence-electron chi connectivity index (χ4n) is 2.14. The van der Waals surface area contributed by atoms with Crippen molar-refractivity contribution in [1.29, 1.82) is 5.26 Å². The number of hydrogen-bond acceptors (Lipinski definition) is 4. The highest BCUT2D eigenvalue weighted by Crippen LogP contribution is 2.30. The molecule has 0 saturated heterocycles. The third-order valence-electron chi connectivity index (χ3n) is 3.43. The smallest absolute Gasteiger partial charge is 0.265 e. The minimum absolute atomic E-state index is 0.281. The van der Waals surface area contributed by atoms with Crippen LogP contribution in [0.25, 0.3) is 0 Å². The number of ether oxygens (including phenoxy) is 2. The van der Waals surface area contributed by atoms with Crippen LogP contribution in [-0.4, -0.2) is 18.6 Å². The van der Waals surface area contributed by atoms with E-state index in [0.29, 0.717) is 29.4 Å². The standard InChI is InChI=1S/C19H19BrN2O3/c1-4-24-18-10-14(11-21)6-8-17(18)25-13(3)19(23)22-16-7-5-12(2)9-15(16)20/h5-10,13H,4H2,1-3H3,(H,22,23)/t13-/m1/s1. The van der Waals surface area contributed by atoms with Crippen LogP contribution in [0.1, 0.15) is 25.0 Å². The van der Waals surface area contributed by atoms with Gasteiger partial charge >= 0.3 is 0 Å². The fraction of sp³-hybridized carbons (Fsp3) is 0.263. The summed E-state index contributed by atoms with van der Waals surface area (Å²) in [5.74, 6) is 0.584. The molecule has 25 heavy (non-hydrogen) atoms. The van der Waals surface area contributed by atoms with Gasteiger partial charge in [0.1, 0.15) is 0 Å². The number of carbonyl (C=O) groups is 1. The van der Waals surface area contributed by atoms with Gasteiger partial charge in [0, 0.05) is 10.5 Å². The van der Waals surface area contributed by atoms with E-state index < -0.39 is 6.10 Å². The minimum atomic E-state index is -0.736. The monoisotopic (exact) mass is 402 g/mol. The Balaban J connectivity index is 2.12. The zero-order valence-electron chi connectivity index (χ0n) is 14.3. The zero-order chi connectivity index (χ0) is 18.4. The first-order valence-corrected chi connectivity index (χ1v) is 8.64. The molecule has 1 atom stereocenters. The minimum Gasteiger partial charge on any atom is -0.490 e. The van der Waals surface area contributed by atoms with E-state index in [4.69, 9.17) is 14.7 Å². The maximum absolute atomic E-state index is 12.4. The lowest BCUT2D eigenvalue weighted by molar-refractivity contribution is -0.122. The number of halogens is 1. The maximum atomic E-state index is 12.4. The van der Waals surface area contributed by atoms with Crippen molar-refractivity contribution in [3.63, 3.8) is 0 Å². The molecule has 0 spiro atoms. The highest BCUT2D eigenvalue weighted by molar-refractivity contribution is 9.10. The van der Waals surface area contributed by atoms with Crippen molar-refractivity contribution in [2.75, 3.05) is 11.9 Å². The van der Waals surface area contributed by atoms with Gasteiger partial charge < -0.3 is 14.8 Å². The van der Waals surface area contributed by atoms with Gasteiger partial charge in [0.15, 0.2) is 17.6 Å². The molecule has 0 bridgehead atoms. The lowest BCUT2D eigenvalue weighted by Crippen LogP contribution is -2.30. The Labute approximate surface area is 155 Å². The molecular weight excluding hydrogens is 384 g/mol. The summed E-state index contributed by atoms with van der Waals surface area (Å²) in [6, 6.07) is 12.6. The van der Waals surface area contributed by atoms with Crippen LogP contribution >= 0.6 is 15.9 Å². The summed E-state index contributed by atoms with van der Waals surface area (Å²) in [5, 5.41) is 11.8. The highest BCUT2D eigenvalue weighted by Gasteiger charge is 2.18. The van der Waals surface area contributed by atoms with E-state index in [-0.39, 0.29) is 5.91 Å². The molecule has 0 radical (unpaired) electrons. The van der Waals surface area contributed by atoms with E-state index in [0.717, 1.165) is 10.0 Å². The Kier molecular flexibility index (Phi) is 6.43. The van der Waals surface area contributed by atoms with Crippen LogP contribution in [0.3, 0.4) is 0 Å². The van der Waals surface area contributed by atoms with E-state index in [1.54, 1.807) is 25.1 Å².